The Balaban J connectivity index is 2.22. The van der Waals surface area contributed by atoms with Crippen molar-refractivity contribution in [3.63, 3.8) is 0 Å². The number of sulfonamides is 1. The average molecular weight is 388 g/mol. The number of likely N-dealkylation sites (N-methyl/N-ethyl adjacent to an activating group) is 1. The van der Waals surface area contributed by atoms with Gasteiger partial charge >= 0.3 is 0 Å². The lowest BCUT2D eigenvalue weighted by Gasteiger charge is -2.13. The first-order chi connectivity index (χ1) is 11.8. The molecule has 8 nitrogen and oxygen atoms in total. The minimum atomic E-state index is -3.79. The van der Waals surface area contributed by atoms with Gasteiger partial charge in [0.15, 0.2) is 5.17 Å². The van der Waals surface area contributed by atoms with Gasteiger partial charge in [0.1, 0.15) is 10.6 Å². The van der Waals surface area contributed by atoms with Crippen LogP contribution < -0.4 is 19.7 Å². The topological polar surface area (TPSA) is 101 Å². The van der Waals surface area contributed by atoms with E-state index in [1.165, 1.54) is 37.1 Å². The monoisotopic (exact) mass is 387 g/mol. The van der Waals surface area contributed by atoms with Crippen molar-refractivity contribution in [2.45, 2.75) is 4.90 Å². The van der Waals surface area contributed by atoms with Crippen LogP contribution in [0.3, 0.4) is 0 Å². The average Bonchev–Trinajstić information content (AvgIpc) is 3.06. The summed E-state index contributed by atoms with van der Waals surface area (Å²) in [6.07, 6.45) is 0. The summed E-state index contributed by atoms with van der Waals surface area (Å²) in [7, 11) is 1.47. The second-order valence-electron chi connectivity index (χ2n) is 5.71. The number of rotatable bonds is 7. The third kappa shape index (κ3) is 5.43. The summed E-state index contributed by atoms with van der Waals surface area (Å²) in [5.74, 6) is 0.620. The molecule has 0 aromatic heterocycles. The zero-order valence-electron chi connectivity index (χ0n) is 14.5. The van der Waals surface area contributed by atoms with Crippen molar-refractivity contribution in [1.82, 2.24) is 10.0 Å². The summed E-state index contributed by atoms with van der Waals surface area (Å²) in [6, 6.07) is 4.32. The van der Waals surface area contributed by atoms with E-state index in [1.807, 2.05) is 14.1 Å². The Hall–Kier alpha value is -1.62. The van der Waals surface area contributed by atoms with Gasteiger partial charge in [-0.1, -0.05) is 11.8 Å². The summed E-state index contributed by atoms with van der Waals surface area (Å²) in [5, 5.41) is 3.24. The Labute approximate surface area is 152 Å². The van der Waals surface area contributed by atoms with Gasteiger partial charge in [-0.2, -0.15) is 0 Å². The molecule has 0 radical (unpaired) electrons. The quantitative estimate of drug-likeness (QED) is 0.554. The van der Waals surface area contributed by atoms with Crippen LogP contribution in [0, 0.1) is 0 Å². The van der Waals surface area contributed by atoms with Gasteiger partial charge in [0, 0.05) is 11.3 Å². The number of carbonyl (C=O) groups excluding carboxylic acids is 1. The Morgan fingerprint density at radius 1 is 1.40 bits per heavy atom. The summed E-state index contributed by atoms with van der Waals surface area (Å²) < 4.78 is 32.8. The van der Waals surface area contributed by atoms with Crippen LogP contribution in [0.4, 0.5) is 0 Å². The van der Waals surface area contributed by atoms with Crippen molar-refractivity contribution in [2.75, 3.05) is 46.6 Å². The standard InChI is InChI=1S/C15H22N4O4S2/c1-19(2)8-6-17-25(21,22)13-10-11(4-5-12(13)23-3)14(20)18-15-16-7-9-24-15/h4-5,10,17H,6-9H2,1-3H3,(H,16,18,20)/p+1. The Bertz CT molecular complexity index is 763. The molecule has 0 bridgehead atoms. The minimum Gasteiger partial charge on any atom is -0.495 e. The van der Waals surface area contributed by atoms with Crippen molar-refractivity contribution < 1.29 is 22.8 Å². The van der Waals surface area contributed by atoms with Gasteiger partial charge in [-0.15, -0.1) is 0 Å². The van der Waals surface area contributed by atoms with E-state index in [1.54, 1.807) is 0 Å². The highest BCUT2D eigenvalue weighted by molar-refractivity contribution is 8.14. The summed E-state index contributed by atoms with van der Waals surface area (Å²) >= 11 is 1.46. The number of benzene rings is 1. The lowest BCUT2D eigenvalue weighted by molar-refractivity contribution is -0.856. The summed E-state index contributed by atoms with van der Waals surface area (Å²) in [5.41, 5.74) is 0.231. The van der Waals surface area contributed by atoms with Crippen LogP contribution in [0.1, 0.15) is 10.4 Å². The second kappa shape index (κ2) is 8.65. The van der Waals surface area contributed by atoms with Gasteiger partial charge < -0.3 is 15.0 Å². The van der Waals surface area contributed by atoms with Crippen LogP contribution in [-0.2, 0) is 10.0 Å². The largest absolute Gasteiger partial charge is 0.495 e. The normalized spacial score (nSPS) is 14.5. The van der Waals surface area contributed by atoms with Crippen molar-refractivity contribution >= 4 is 32.9 Å². The zero-order chi connectivity index (χ0) is 18.4. The SMILES string of the molecule is COc1ccc(C(=O)NC2=NCCS2)cc1S(=O)(=O)NCC[NH+](C)C. The molecule has 1 aromatic carbocycles. The maximum Gasteiger partial charge on any atom is 0.257 e. The fourth-order valence-electron chi connectivity index (χ4n) is 2.12. The molecule has 10 heteroatoms. The van der Waals surface area contributed by atoms with E-state index in [0.29, 0.717) is 18.3 Å². The van der Waals surface area contributed by atoms with Gasteiger partial charge in [-0.3, -0.25) is 9.79 Å². The third-order valence-electron chi connectivity index (χ3n) is 3.44. The first-order valence-electron chi connectivity index (χ1n) is 7.79. The fraction of sp³-hybridized carbons (Fsp3) is 0.467. The molecule has 0 saturated heterocycles. The molecule has 3 N–H and O–H groups in total. The highest BCUT2D eigenvalue weighted by Gasteiger charge is 2.22. The molecule has 1 aromatic rings. The van der Waals surface area contributed by atoms with Crippen LogP contribution in [0.15, 0.2) is 28.1 Å². The van der Waals surface area contributed by atoms with Crippen molar-refractivity contribution in [3.05, 3.63) is 23.8 Å². The van der Waals surface area contributed by atoms with Crippen LogP contribution in [-0.4, -0.2) is 66.1 Å². The molecule has 1 amide bonds. The molecule has 25 heavy (non-hydrogen) atoms. The molecule has 0 unspecified atom stereocenters. The highest BCUT2D eigenvalue weighted by atomic mass is 32.2. The number of nitrogens with zero attached hydrogens (tertiary/aromatic N) is 1. The molecule has 138 valence electrons. The molecule has 1 aliphatic rings. The number of amidine groups is 1. The van der Waals surface area contributed by atoms with Crippen LogP contribution in [0.2, 0.25) is 0 Å². The molecule has 2 rings (SSSR count). The first kappa shape index (κ1) is 19.7. The number of amides is 1. The van der Waals surface area contributed by atoms with E-state index in [2.05, 4.69) is 15.0 Å². The lowest BCUT2D eigenvalue weighted by Crippen LogP contribution is -3.06. The van der Waals surface area contributed by atoms with Crippen LogP contribution in [0.5, 0.6) is 5.75 Å². The molecule has 1 aliphatic heterocycles. The molecule has 0 fully saturated rings. The Kier molecular flexibility index (Phi) is 6.82. The minimum absolute atomic E-state index is 0.0579. The molecule has 1 heterocycles. The van der Waals surface area contributed by atoms with E-state index < -0.39 is 15.9 Å². The number of thioether (sulfide) groups is 1. The molecule has 0 atom stereocenters. The maximum atomic E-state index is 12.6. The predicted octanol–water partition coefficient (Wildman–Crippen LogP) is -1.05. The third-order valence-corrected chi connectivity index (χ3v) is 5.81. The lowest BCUT2D eigenvalue weighted by atomic mass is 10.2. The molecular formula is C15H23N4O4S2+. The number of quaternary nitrogens is 1. The van der Waals surface area contributed by atoms with E-state index >= 15 is 0 Å². The first-order valence-corrected chi connectivity index (χ1v) is 10.3. The number of ether oxygens (including phenoxy) is 1. The Morgan fingerprint density at radius 2 is 2.16 bits per heavy atom. The molecule has 0 spiro atoms. The maximum absolute atomic E-state index is 12.6. The van der Waals surface area contributed by atoms with E-state index in [9.17, 15) is 13.2 Å². The van der Waals surface area contributed by atoms with E-state index in [-0.39, 0.29) is 22.8 Å². The summed E-state index contributed by atoms with van der Waals surface area (Å²) in [4.78, 5) is 17.5. The van der Waals surface area contributed by atoms with Crippen molar-refractivity contribution in [3.8, 4) is 5.75 Å². The zero-order valence-corrected chi connectivity index (χ0v) is 16.1. The number of methoxy groups -OCH3 is 1. The van der Waals surface area contributed by atoms with E-state index in [4.69, 9.17) is 4.74 Å². The van der Waals surface area contributed by atoms with Gasteiger partial charge in [0.25, 0.3) is 5.91 Å². The van der Waals surface area contributed by atoms with Gasteiger partial charge in [-0.05, 0) is 18.2 Å². The van der Waals surface area contributed by atoms with Gasteiger partial charge in [0.2, 0.25) is 10.0 Å². The van der Waals surface area contributed by atoms with Crippen molar-refractivity contribution in [1.29, 1.82) is 0 Å². The van der Waals surface area contributed by atoms with Gasteiger partial charge in [0.05, 0.1) is 40.8 Å². The summed E-state index contributed by atoms with van der Waals surface area (Å²) in [6.45, 7) is 1.59. The number of aliphatic imine (C=N–C) groups is 1. The number of nitrogens with one attached hydrogen (secondary N) is 3. The Morgan fingerprint density at radius 3 is 2.76 bits per heavy atom. The van der Waals surface area contributed by atoms with Crippen molar-refractivity contribution in [2.24, 2.45) is 4.99 Å². The number of hydrogen-bond acceptors (Lipinski definition) is 6. The van der Waals surface area contributed by atoms with E-state index in [0.717, 1.165) is 10.7 Å². The number of hydrogen-bond donors (Lipinski definition) is 3. The fourth-order valence-corrected chi connectivity index (χ4v) is 4.07. The van der Waals surface area contributed by atoms with Crippen LogP contribution >= 0.6 is 11.8 Å². The predicted molar refractivity (Wildman–Crippen MR) is 98.1 cm³/mol. The van der Waals surface area contributed by atoms with Crippen LogP contribution in [0.25, 0.3) is 0 Å². The molecule has 0 saturated carbocycles. The molecular weight excluding hydrogens is 364 g/mol. The highest BCUT2D eigenvalue weighted by Crippen LogP contribution is 2.25. The number of carbonyl (C=O) groups is 1. The van der Waals surface area contributed by atoms with Gasteiger partial charge in [-0.25, -0.2) is 13.1 Å². The smallest absolute Gasteiger partial charge is 0.257 e. The second-order valence-corrected chi connectivity index (χ2v) is 8.53. The molecule has 0 aliphatic carbocycles.